The average Bonchev–Trinajstić information content (AvgIpc) is 2.64. The molecule has 0 heterocycles. The van der Waals surface area contributed by atoms with Crippen molar-refractivity contribution in [3.8, 4) is 0 Å². The Morgan fingerprint density at radius 1 is 0.800 bits per heavy atom. The van der Waals surface area contributed by atoms with Crippen LogP contribution in [-0.4, -0.2) is 5.97 Å². The van der Waals surface area contributed by atoms with Crippen molar-refractivity contribution >= 4 is 5.97 Å². The van der Waals surface area contributed by atoms with Crippen molar-refractivity contribution in [1.29, 1.82) is 0 Å². The Morgan fingerprint density at radius 2 is 1.32 bits per heavy atom. The number of carbonyl (C=O) groups is 1. The molecular weight excluding hydrogens is 308 g/mol. The molecule has 0 bridgehead atoms. The minimum atomic E-state index is -0.421. The molecule has 2 heteroatoms. The first-order valence-corrected chi connectivity index (χ1v) is 8.45. The average molecular weight is 330 g/mol. The van der Waals surface area contributed by atoms with Crippen molar-refractivity contribution in [1.82, 2.24) is 0 Å². The summed E-state index contributed by atoms with van der Waals surface area (Å²) in [4.78, 5) is 12.9. The molecule has 0 saturated carbocycles. The fraction of sp³-hybridized carbons (Fsp3) is 0.174. The SMILES string of the molecule is Cc1cc(C)c(C)c(C(=O)OC(c2ccccc2)c2ccccc2)c1. The van der Waals surface area contributed by atoms with Gasteiger partial charge in [0.15, 0.2) is 6.10 Å². The monoisotopic (exact) mass is 330 g/mol. The van der Waals surface area contributed by atoms with Gasteiger partial charge in [0, 0.05) is 0 Å². The summed E-state index contributed by atoms with van der Waals surface area (Å²) in [6.45, 7) is 5.98. The number of ether oxygens (including phenoxy) is 1. The van der Waals surface area contributed by atoms with Crippen molar-refractivity contribution in [3.05, 3.63) is 106 Å². The Bertz CT molecular complexity index is 828. The summed E-state index contributed by atoms with van der Waals surface area (Å²) in [5, 5.41) is 0. The lowest BCUT2D eigenvalue weighted by Crippen LogP contribution is -2.14. The Morgan fingerprint density at radius 3 is 1.84 bits per heavy atom. The molecular formula is C23H22O2. The molecule has 0 aliphatic rings. The van der Waals surface area contributed by atoms with Crippen LogP contribution in [0.15, 0.2) is 72.8 Å². The van der Waals surface area contributed by atoms with Gasteiger partial charge in [-0.3, -0.25) is 0 Å². The summed E-state index contributed by atoms with van der Waals surface area (Å²) in [5.74, 6) is -0.290. The number of rotatable bonds is 4. The number of hydrogen-bond donors (Lipinski definition) is 0. The van der Waals surface area contributed by atoms with Crippen LogP contribution < -0.4 is 0 Å². The highest BCUT2D eigenvalue weighted by Crippen LogP contribution is 2.28. The van der Waals surface area contributed by atoms with Crippen molar-refractivity contribution in [2.75, 3.05) is 0 Å². The third-order valence-electron chi connectivity index (χ3n) is 4.46. The highest BCUT2D eigenvalue weighted by molar-refractivity contribution is 5.92. The number of esters is 1. The van der Waals surface area contributed by atoms with E-state index in [0.717, 1.165) is 27.8 Å². The summed E-state index contributed by atoms with van der Waals surface area (Å²) in [6.07, 6.45) is -0.421. The van der Waals surface area contributed by atoms with E-state index in [2.05, 4.69) is 6.07 Å². The Labute approximate surface area is 149 Å². The quantitative estimate of drug-likeness (QED) is 0.586. The van der Waals surface area contributed by atoms with E-state index in [0.29, 0.717) is 5.56 Å². The van der Waals surface area contributed by atoms with E-state index in [-0.39, 0.29) is 5.97 Å². The minimum absolute atomic E-state index is 0.290. The molecule has 0 aliphatic carbocycles. The Balaban J connectivity index is 1.98. The van der Waals surface area contributed by atoms with Crippen molar-refractivity contribution < 1.29 is 9.53 Å². The standard InChI is InChI=1S/C23H22O2/c1-16-14-17(2)18(3)21(15-16)23(24)25-22(19-10-6-4-7-11-19)20-12-8-5-9-13-20/h4-15,22H,1-3H3. The van der Waals surface area contributed by atoms with E-state index in [1.807, 2.05) is 87.5 Å². The second-order valence-corrected chi connectivity index (χ2v) is 6.36. The van der Waals surface area contributed by atoms with E-state index in [4.69, 9.17) is 4.74 Å². The molecule has 0 N–H and O–H groups in total. The maximum absolute atomic E-state index is 12.9. The molecule has 0 radical (unpaired) electrons. The van der Waals surface area contributed by atoms with Gasteiger partial charge in [-0.1, -0.05) is 66.7 Å². The maximum atomic E-state index is 12.9. The van der Waals surface area contributed by atoms with Crippen LogP contribution in [0, 0.1) is 20.8 Å². The molecule has 3 aromatic carbocycles. The number of carbonyl (C=O) groups excluding carboxylic acids is 1. The molecule has 3 aromatic rings. The van der Waals surface area contributed by atoms with Crippen LogP contribution in [0.3, 0.4) is 0 Å². The topological polar surface area (TPSA) is 26.3 Å². The first-order valence-electron chi connectivity index (χ1n) is 8.45. The number of benzene rings is 3. The van der Waals surface area contributed by atoms with Gasteiger partial charge in [0.1, 0.15) is 0 Å². The third kappa shape index (κ3) is 3.80. The lowest BCUT2D eigenvalue weighted by Gasteiger charge is -2.20. The predicted molar refractivity (Wildman–Crippen MR) is 101 cm³/mol. The molecule has 25 heavy (non-hydrogen) atoms. The predicted octanol–water partition coefficient (Wildman–Crippen LogP) is 5.56. The molecule has 126 valence electrons. The number of aryl methyl sites for hydroxylation is 2. The summed E-state index contributed by atoms with van der Waals surface area (Å²) in [7, 11) is 0. The van der Waals surface area contributed by atoms with Crippen molar-refractivity contribution in [2.24, 2.45) is 0 Å². The summed E-state index contributed by atoms with van der Waals surface area (Å²) >= 11 is 0. The van der Waals surface area contributed by atoms with Gasteiger partial charge >= 0.3 is 5.97 Å². The zero-order valence-electron chi connectivity index (χ0n) is 14.8. The summed E-state index contributed by atoms with van der Waals surface area (Å²) in [6, 6.07) is 23.7. The highest BCUT2D eigenvalue weighted by Gasteiger charge is 2.21. The normalized spacial score (nSPS) is 10.7. The van der Waals surface area contributed by atoms with Gasteiger partial charge in [-0.15, -0.1) is 0 Å². The van der Waals surface area contributed by atoms with Gasteiger partial charge < -0.3 is 4.74 Å². The van der Waals surface area contributed by atoms with Gasteiger partial charge in [-0.25, -0.2) is 4.79 Å². The molecule has 0 aliphatic heterocycles. The molecule has 0 saturated heterocycles. The van der Waals surface area contributed by atoms with Gasteiger partial charge in [0.2, 0.25) is 0 Å². The maximum Gasteiger partial charge on any atom is 0.339 e. The molecule has 0 amide bonds. The molecule has 0 fully saturated rings. The minimum Gasteiger partial charge on any atom is -0.449 e. The molecule has 0 unspecified atom stereocenters. The van der Waals surface area contributed by atoms with E-state index >= 15 is 0 Å². The van der Waals surface area contributed by atoms with Crippen molar-refractivity contribution in [2.45, 2.75) is 26.9 Å². The zero-order chi connectivity index (χ0) is 17.8. The van der Waals surface area contributed by atoms with E-state index in [9.17, 15) is 4.79 Å². The van der Waals surface area contributed by atoms with Crippen molar-refractivity contribution in [3.63, 3.8) is 0 Å². The second-order valence-electron chi connectivity index (χ2n) is 6.36. The van der Waals surface area contributed by atoms with Crippen LogP contribution in [0.25, 0.3) is 0 Å². The van der Waals surface area contributed by atoms with E-state index < -0.39 is 6.10 Å². The molecule has 0 aromatic heterocycles. The molecule has 0 atom stereocenters. The smallest absolute Gasteiger partial charge is 0.339 e. The zero-order valence-corrected chi connectivity index (χ0v) is 14.8. The number of hydrogen-bond acceptors (Lipinski definition) is 2. The fourth-order valence-corrected chi connectivity index (χ4v) is 3.01. The van der Waals surface area contributed by atoms with Gasteiger partial charge in [-0.2, -0.15) is 0 Å². The van der Waals surface area contributed by atoms with E-state index in [1.165, 1.54) is 0 Å². The lowest BCUT2D eigenvalue weighted by atomic mass is 9.99. The summed E-state index contributed by atoms with van der Waals surface area (Å²) < 4.78 is 5.96. The Kier molecular flexibility index (Phi) is 4.99. The van der Waals surface area contributed by atoms with Crippen LogP contribution in [0.5, 0.6) is 0 Å². The highest BCUT2D eigenvalue weighted by atomic mass is 16.5. The molecule has 0 spiro atoms. The fourth-order valence-electron chi connectivity index (χ4n) is 3.01. The largest absolute Gasteiger partial charge is 0.449 e. The van der Waals surface area contributed by atoms with Crippen LogP contribution in [-0.2, 0) is 4.74 Å². The van der Waals surface area contributed by atoms with Gasteiger partial charge in [0.05, 0.1) is 5.56 Å². The van der Waals surface area contributed by atoms with Gasteiger partial charge in [0.25, 0.3) is 0 Å². The van der Waals surface area contributed by atoms with Crippen LogP contribution >= 0.6 is 0 Å². The molecule has 2 nitrogen and oxygen atoms in total. The lowest BCUT2D eigenvalue weighted by molar-refractivity contribution is 0.0377. The van der Waals surface area contributed by atoms with Crippen LogP contribution in [0.1, 0.15) is 44.3 Å². The third-order valence-corrected chi connectivity index (χ3v) is 4.46. The molecule has 3 rings (SSSR count). The first-order chi connectivity index (χ1) is 12.1. The van der Waals surface area contributed by atoms with E-state index in [1.54, 1.807) is 0 Å². The first kappa shape index (κ1) is 17.0. The van der Waals surface area contributed by atoms with Crippen LogP contribution in [0.2, 0.25) is 0 Å². The summed E-state index contributed by atoms with van der Waals surface area (Å²) in [5.41, 5.74) is 5.69. The Hall–Kier alpha value is -2.87. The van der Waals surface area contributed by atoms with Gasteiger partial charge in [-0.05, 0) is 54.7 Å². The second kappa shape index (κ2) is 7.35. The van der Waals surface area contributed by atoms with Crippen LogP contribution in [0.4, 0.5) is 0 Å².